The highest BCUT2D eigenvalue weighted by atomic mass is 16.4. The molecule has 0 atom stereocenters. The molecular weight excluding hydrogens is 196 g/mol. The van der Waals surface area contributed by atoms with Gasteiger partial charge in [0.05, 0.1) is 0 Å². The molecule has 15 heavy (non-hydrogen) atoms. The van der Waals surface area contributed by atoms with Gasteiger partial charge in [-0.1, -0.05) is 0 Å². The van der Waals surface area contributed by atoms with Gasteiger partial charge in [0.25, 0.3) is 0 Å². The van der Waals surface area contributed by atoms with Crippen molar-refractivity contribution in [3.63, 3.8) is 0 Å². The lowest BCUT2D eigenvalue weighted by molar-refractivity contribution is -0.137. The van der Waals surface area contributed by atoms with Crippen molar-refractivity contribution in [2.75, 3.05) is 19.6 Å². The minimum Gasteiger partial charge on any atom is -0.480 e. The van der Waals surface area contributed by atoms with Crippen LogP contribution in [-0.2, 0) is 4.79 Å². The number of carboxylic acids is 1. The molecule has 1 aliphatic carbocycles. The van der Waals surface area contributed by atoms with Crippen molar-refractivity contribution in [3.05, 3.63) is 0 Å². The van der Waals surface area contributed by atoms with Crippen LogP contribution < -0.4 is 0 Å². The van der Waals surface area contributed by atoms with Gasteiger partial charge in [0.15, 0.2) is 0 Å². The van der Waals surface area contributed by atoms with Crippen molar-refractivity contribution in [1.82, 2.24) is 9.80 Å². The maximum atomic E-state index is 11.9. The van der Waals surface area contributed by atoms with Crippen LogP contribution >= 0.6 is 0 Å². The molecular formula is C10H18N2O3. The lowest BCUT2D eigenvalue weighted by Crippen LogP contribution is -2.46. The van der Waals surface area contributed by atoms with E-state index in [1.807, 2.05) is 6.92 Å². The van der Waals surface area contributed by atoms with E-state index in [-0.39, 0.29) is 12.6 Å². The van der Waals surface area contributed by atoms with Crippen LogP contribution in [0.4, 0.5) is 4.79 Å². The molecule has 1 rings (SSSR count). The quantitative estimate of drug-likeness (QED) is 0.742. The van der Waals surface area contributed by atoms with Crippen molar-refractivity contribution in [2.45, 2.75) is 32.7 Å². The molecule has 0 aromatic rings. The zero-order valence-electron chi connectivity index (χ0n) is 9.27. The molecule has 0 bridgehead atoms. The van der Waals surface area contributed by atoms with Crippen LogP contribution in [0.15, 0.2) is 0 Å². The van der Waals surface area contributed by atoms with Gasteiger partial charge in [-0.15, -0.1) is 0 Å². The van der Waals surface area contributed by atoms with E-state index in [0.717, 1.165) is 12.8 Å². The van der Waals surface area contributed by atoms with Gasteiger partial charge >= 0.3 is 12.0 Å². The van der Waals surface area contributed by atoms with E-state index in [2.05, 4.69) is 0 Å². The Labute approximate surface area is 89.7 Å². The first-order valence-electron chi connectivity index (χ1n) is 5.37. The number of carbonyl (C=O) groups is 2. The van der Waals surface area contributed by atoms with E-state index in [9.17, 15) is 9.59 Å². The molecule has 86 valence electrons. The summed E-state index contributed by atoms with van der Waals surface area (Å²) in [6.45, 7) is 4.60. The minimum atomic E-state index is -0.961. The molecule has 2 amide bonds. The number of nitrogens with zero attached hydrogens (tertiary/aromatic N) is 2. The van der Waals surface area contributed by atoms with Gasteiger partial charge in [-0.2, -0.15) is 0 Å². The summed E-state index contributed by atoms with van der Waals surface area (Å²) in [5.74, 6) is -0.961. The van der Waals surface area contributed by atoms with E-state index in [1.54, 1.807) is 11.8 Å². The maximum absolute atomic E-state index is 11.9. The van der Waals surface area contributed by atoms with E-state index < -0.39 is 5.97 Å². The van der Waals surface area contributed by atoms with Crippen LogP contribution in [0.2, 0.25) is 0 Å². The number of urea groups is 1. The molecule has 1 N–H and O–H groups in total. The molecule has 0 aromatic heterocycles. The Hall–Kier alpha value is -1.26. The Balaban J connectivity index is 2.57. The second-order valence-electron chi connectivity index (χ2n) is 3.71. The number of hydrogen-bond donors (Lipinski definition) is 1. The molecule has 0 saturated heterocycles. The summed E-state index contributed by atoms with van der Waals surface area (Å²) < 4.78 is 0. The number of rotatable bonds is 5. The minimum absolute atomic E-state index is 0.148. The highest BCUT2D eigenvalue weighted by molar-refractivity contribution is 5.80. The van der Waals surface area contributed by atoms with E-state index in [1.165, 1.54) is 4.90 Å². The Kier molecular flexibility index (Phi) is 3.94. The fourth-order valence-electron chi connectivity index (χ4n) is 1.60. The smallest absolute Gasteiger partial charge is 0.323 e. The first kappa shape index (κ1) is 11.8. The molecule has 0 spiro atoms. The largest absolute Gasteiger partial charge is 0.480 e. The van der Waals surface area contributed by atoms with Gasteiger partial charge in [0.2, 0.25) is 0 Å². The first-order valence-corrected chi connectivity index (χ1v) is 5.37. The van der Waals surface area contributed by atoms with E-state index in [0.29, 0.717) is 19.1 Å². The van der Waals surface area contributed by atoms with Gasteiger partial charge in [0.1, 0.15) is 6.54 Å². The van der Waals surface area contributed by atoms with Gasteiger partial charge in [-0.05, 0) is 26.7 Å². The maximum Gasteiger partial charge on any atom is 0.323 e. The number of aliphatic carboxylic acids is 1. The Bertz CT molecular complexity index is 251. The third kappa shape index (κ3) is 3.11. The summed E-state index contributed by atoms with van der Waals surface area (Å²) in [4.78, 5) is 25.6. The zero-order valence-corrected chi connectivity index (χ0v) is 9.27. The molecule has 1 saturated carbocycles. The van der Waals surface area contributed by atoms with Crippen molar-refractivity contribution in [3.8, 4) is 0 Å². The lowest BCUT2D eigenvalue weighted by Gasteiger charge is -2.28. The summed E-state index contributed by atoms with van der Waals surface area (Å²) >= 11 is 0. The van der Waals surface area contributed by atoms with Gasteiger partial charge in [-0.25, -0.2) is 4.79 Å². The second-order valence-corrected chi connectivity index (χ2v) is 3.71. The Morgan fingerprint density at radius 3 is 2.20 bits per heavy atom. The van der Waals surface area contributed by atoms with E-state index >= 15 is 0 Å². The molecule has 0 aromatic carbocycles. The van der Waals surface area contributed by atoms with E-state index in [4.69, 9.17) is 5.11 Å². The number of hydrogen-bond acceptors (Lipinski definition) is 2. The van der Waals surface area contributed by atoms with Crippen molar-refractivity contribution in [2.24, 2.45) is 0 Å². The average molecular weight is 214 g/mol. The predicted molar refractivity (Wildman–Crippen MR) is 55.7 cm³/mol. The molecule has 5 heteroatoms. The summed E-state index contributed by atoms with van der Waals surface area (Å²) in [7, 11) is 0. The summed E-state index contributed by atoms with van der Waals surface area (Å²) in [5.41, 5.74) is 0. The standard InChI is InChI=1S/C10H18N2O3/c1-3-11(7-9(13)14)10(15)12(4-2)8-5-6-8/h8H,3-7H2,1-2H3,(H,13,14). The topological polar surface area (TPSA) is 60.9 Å². The SMILES string of the molecule is CCN(CC(=O)O)C(=O)N(CC)C1CC1. The predicted octanol–water partition coefficient (Wildman–Crippen LogP) is 0.997. The number of carboxylic acid groups (broad SMARTS) is 1. The highest BCUT2D eigenvalue weighted by Gasteiger charge is 2.33. The van der Waals surface area contributed by atoms with Gasteiger partial charge in [0, 0.05) is 19.1 Å². The van der Waals surface area contributed by atoms with Crippen LogP contribution in [0.25, 0.3) is 0 Å². The third-order valence-electron chi connectivity index (χ3n) is 2.55. The van der Waals surface area contributed by atoms with Crippen molar-refractivity contribution in [1.29, 1.82) is 0 Å². The summed E-state index contributed by atoms with van der Waals surface area (Å²) in [6, 6.07) is 0.190. The summed E-state index contributed by atoms with van der Waals surface area (Å²) in [6.07, 6.45) is 2.09. The number of carbonyl (C=O) groups excluding carboxylic acids is 1. The molecule has 1 fully saturated rings. The number of amides is 2. The molecule has 0 unspecified atom stereocenters. The monoisotopic (exact) mass is 214 g/mol. The van der Waals surface area contributed by atoms with Crippen molar-refractivity contribution >= 4 is 12.0 Å². The fourth-order valence-corrected chi connectivity index (χ4v) is 1.60. The van der Waals surface area contributed by atoms with Crippen LogP contribution in [0.1, 0.15) is 26.7 Å². The van der Waals surface area contributed by atoms with Gasteiger partial charge in [-0.3, -0.25) is 4.79 Å². The molecule has 0 heterocycles. The first-order chi connectivity index (χ1) is 7.10. The molecule has 0 radical (unpaired) electrons. The Morgan fingerprint density at radius 1 is 1.27 bits per heavy atom. The van der Waals surface area contributed by atoms with Crippen molar-refractivity contribution < 1.29 is 14.7 Å². The summed E-state index contributed by atoms with van der Waals surface area (Å²) in [5, 5.41) is 8.66. The van der Waals surface area contributed by atoms with Crippen LogP contribution in [-0.4, -0.2) is 52.6 Å². The fraction of sp³-hybridized carbons (Fsp3) is 0.800. The van der Waals surface area contributed by atoms with Crippen LogP contribution in [0.5, 0.6) is 0 Å². The zero-order chi connectivity index (χ0) is 11.4. The van der Waals surface area contributed by atoms with Crippen LogP contribution in [0.3, 0.4) is 0 Å². The Morgan fingerprint density at radius 2 is 1.87 bits per heavy atom. The second kappa shape index (κ2) is 5.00. The van der Waals surface area contributed by atoms with Crippen LogP contribution in [0, 0.1) is 0 Å². The third-order valence-corrected chi connectivity index (χ3v) is 2.55. The molecule has 0 aliphatic heterocycles. The normalized spacial score (nSPS) is 14.8. The molecule has 1 aliphatic rings. The van der Waals surface area contributed by atoms with Gasteiger partial charge < -0.3 is 14.9 Å². The number of likely N-dealkylation sites (N-methyl/N-ethyl adjacent to an activating group) is 1. The highest BCUT2D eigenvalue weighted by Crippen LogP contribution is 2.27. The molecule has 5 nitrogen and oxygen atoms in total. The average Bonchev–Trinajstić information content (AvgIpc) is 2.99. The lowest BCUT2D eigenvalue weighted by atomic mass is 10.4.